The van der Waals surface area contributed by atoms with E-state index in [1.165, 1.54) is 36.4 Å². The number of furan rings is 1. The zero-order valence-electron chi connectivity index (χ0n) is 15.6. The van der Waals surface area contributed by atoms with E-state index in [0.29, 0.717) is 28.4 Å². The van der Waals surface area contributed by atoms with Crippen molar-refractivity contribution in [2.24, 2.45) is 5.10 Å². The summed E-state index contributed by atoms with van der Waals surface area (Å²) in [5.74, 6) is -1.16. The monoisotopic (exact) mass is 424 g/mol. The Labute approximate surface area is 175 Å². The summed E-state index contributed by atoms with van der Waals surface area (Å²) in [6, 6.07) is 13.5. The number of amides is 1. The predicted octanol–water partition coefficient (Wildman–Crippen LogP) is 5.24. The Morgan fingerprint density at radius 1 is 1.20 bits per heavy atom. The molecule has 1 amide bonds. The molecule has 150 valence electrons. The van der Waals surface area contributed by atoms with Gasteiger partial charge in [-0.2, -0.15) is 10.1 Å². The fourth-order valence-electron chi connectivity index (χ4n) is 3.04. The lowest BCUT2D eigenvalue weighted by molar-refractivity contribution is -0.114. The van der Waals surface area contributed by atoms with Crippen LogP contribution in [0.1, 0.15) is 23.0 Å². The molecule has 1 aromatic heterocycles. The van der Waals surface area contributed by atoms with Gasteiger partial charge in [-0.15, -0.1) is 0 Å². The maximum Gasteiger partial charge on any atom is 0.337 e. The van der Waals surface area contributed by atoms with Crippen LogP contribution in [0.15, 0.2) is 69.7 Å². The van der Waals surface area contributed by atoms with E-state index in [1.54, 1.807) is 31.2 Å². The molecule has 0 unspecified atom stereocenters. The van der Waals surface area contributed by atoms with Crippen molar-refractivity contribution >= 4 is 41.0 Å². The van der Waals surface area contributed by atoms with Gasteiger partial charge in [-0.05, 0) is 55.5 Å². The molecule has 0 atom stereocenters. The maximum absolute atomic E-state index is 13.4. The summed E-state index contributed by atoms with van der Waals surface area (Å²) < 4.78 is 19.2. The van der Waals surface area contributed by atoms with Gasteiger partial charge >= 0.3 is 5.97 Å². The van der Waals surface area contributed by atoms with Gasteiger partial charge in [0.2, 0.25) is 0 Å². The van der Waals surface area contributed by atoms with Crippen LogP contribution in [0.5, 0.6) is 0 Å². The van der Waals surface area contributed by atoms with E-state index < -0.39 is 11.9 Å². The molecule has 0 aliphatic carbocycles. The minimum absolute atomic E-state index is 0.0647. The van der Waals surface area contributed by atoms with Crippen LogP contribution >= 0.6 is 11.6 Å². The number of rotatable bonds is 4. The zero-order chi connectivity index (χ0) is 21.4. The van der Waals surface area contributed by atoms with E-state index in [9.17, 15) is 19.1 Å². The lowest BCUT2D eigenvalue weighted by atomic mass is 10.1. The Balaban J connectivity index is 1.64. The Morgan fingerprint density at radius 3 is 2.73 bits per heavy atom. The number of carboxylic acid groups (broad SMARTS) is 1. The molecule has 0 saturated heterocycles. The smallest absolute Gasteiger partial charge is 0.337 e. The van der Waals surface area contributed by atoms with Crippen LogP contribution in [-0.2, 0) is 4.79 Å². The third-order valence-corrected chi connectivity index (χ3v) is 4.84. The van der Waals surface area contributed by atoms with Crippen LogP contribution in [0.25, 0.3) is 17.4 Å². The fraction of sp³-hybridized carbons (Fsp3) is 0.0455. The molecule has 1 aliphatic rings. The number of anilines is 1. The first-order valence-electron chi connectivity index (χ1n) is 8.84. The molecule has 0 fully saturated rings. The SMILES string of the molecule is CC1=NN(c2ccc(Cl)c(C(=O)O)c2)C(=O)/C1=C/c1ccc(-c2cccc(F)c2)o1. The van der Waals surface area contributed by atoms with Crippen molar-refractivity contribution in [2.45, 2.75) is 6.92 Å². The van der Waals surface area contributed by atoms with E-state index in [4.69, 9.17) is 16.0 Å². The molecule has 1 aliphatic heterocycles. The lowest BCUT2D eigenvalue weighted by Crippen LogP contribution is -2.21. The molecule has 4 rings (SSSR count). The van der Waals surface area contributed by atoms with Gasteiger partial charge in [-0.25, -0.2) is 9.18 Å². The number of hydrogen-bond donors (Lipinski definition) is 1. The van der Waals surface area contributed by atoms with Gasteiger partial charge in [-0.1, -0.05) is 23.7 Å². The second-order valence-corrected chi connectivity index (χ2v) is 6.95. The van der Waals surface area contributed by atoms with Crippen LogP contribution in [0.3, 0.4) is 0 Å². The first-order chi connectivity index (χ1) is 14.3. The van der Waals surface area contributed by atoms with Gasteiger partial charge in [0.1, 0.15) is 17.3 Å². The molecule has 30 heavy (non-hydrogen) atoms. The summed E-state index contributed by atoms with van der Waals surface area (Å²) >= 11 is 5.89. The number of hydrogen-bond acceptors (Lipinski definition) is 4. The molecule has 6 nitrogen and oxygen atoms in total. The molecule has 3 aromatic rings. The molecular formula is C22H14ClFN2O4. The Kier molecular flexibility index (Phi) is 4.97. The third-order valence-electron chi connectivity index (χ3n) is 4.51. The molecule has 2 aromatic carbocycles. The zero-order valence-corrected chi connectivity index (χ0v) is 16.4. The summed E-state index contributed by atoms with van der Waals surface area (Å²) in [4.78, 5) is 24.2. The van der Waals surface area contributed by atoms with Crippen molar-refractivity contribution in [3.05, 3.63) is 82.3 Å². The highest BCUT2D eigenvalue weighted by Crippen LogP contribution is 2.30. The number of hydrazone groups is 1. The van der Waals surface area contributed by atoms with Gasteiger partial charge < -0.3 is 9.52 Å². The largest absolute Gasteiger partial charge is 0.478 e. The maximum atomic E-state index is 13.4. The van der Waals surface area contributed by atoms with Crippen molar-refractivity contribution in [3.63, 3.8) is 0 Å². The number of carbonyl (C=O) groups is 2. The number of nitrogens with zero attached hydrogens (tertiary/aromatic N) is 2. The molecule has 0 radical (unpaired) electrons. The standard InChI is InChI=1S/C22H14ClFN2O4/c1-12-17(11-16-6-8-20(30-16)13-3-2-4-14(24)9-13)21(27)26(25-12)15-5-7-19(23)18(10-15)22(28)29/h2-11H,1H3,(H,28,29)/b17-11+. The molecule has 1 N–H and O–H groups in total. The topological polar surface area (TPSA) is 83.1 Å². The van der Waals surface area contributed by atoms with E-state index in [0.717, 1.165) is 5.01 Å². The number of halogens is 2. The highest BCUT2D eigenvalue weighted by atomic mass is 35.5. The Hall–Kier alpha value is -3.71. The number of aromatic carboxylic acids is 1. The highest BCUT2D eigenvalue weighted by Gasteiger charge is 2.30. The summed E-state index contributed by atoms with van der Waals surface area (Å²) in [7, 11) is 0. The minimum atomic E-state index is -1.20. The van der Waals surface area contributed by atoms with Gasteiger partial charge in [-0.3, -0.25) is 4.79 Å². The molecule has 0 saturated carbocycles. The van der Waals surface area contributed by atoms with Crippen LogP contribution in [0, 0.1) is 5.82 Å². The first kappa shape index (κ1) is 19.6. The Bertz CT molecular complexity index is 1250. The molecule has 8 heteroatoms. The second-order valence-electron chi connectivity index (χ2n) is 6.54. The molecule has 0 spiro atoms. The van der Waals surface area contributed by atoms with E-state index >= 15 is 0 Å². The summed E-state index contributed by atoms with van der Waals surface area (Å²) in [6.45, 7) is 1.66. The fourth-order valence-corrected chi connectivity index (χ4v) is 3.24. The normalized spacial score (nSPS) is 15.0. The van der Waals surface area contributed by atoms with Crippen LogP contribution in [-0.4, -0.2) is 22.7 Å². The first-order valence-corrected chi connectivity index (χ1v) is 9.21. The molecular weight excluding hydrogens is 411 g/mol. The average molecular weight is 425 g/mol. The van der Waals surface area contributed by atoms with Crippen molar-refractivity contribution in [1.29, 1.82) is 0 Å². The number of carboxylic acids is 1. The van der Waals surface area contributed by atoms with Crippen molar-refractivity contribution in [3.8, 4) is 11.3 Å². The van der Waals surface area contributed by atoms with Crippen LogP contribution in [0.4, 0.5) is 10.1 Å². The van der Waals surface area contributed by atoms with E-state index in [1.807, 2.05) is 0 Å². The van der Waals surface area contributed by atoms with Crippen molar-refractivity contribution in [1.82, 2.24) is 0 Å². The lowest BCUT2D eigenvalue weighted by Gasteiger charge is -2.12. The quantitative estimate of drug-likeness (QED) is 0.580. The summed E-state index contributed by atoms with van der Waals surface area (Å²) in [5, 5.41) is 14.6. The minimum Gasteiger partial charge on any atom is -0.478 e. The predicted molar refractivity (Wildman–Crippen MR) is 111 cm³/mol. The van der Waals surface area contributed by atoms with E-state index in [-0.39, 0.29) is 22.1 Å². The van der Waals surface area contributed by atoms with Crippen molar-refractivity contribution in [2.75, 3.05) is 5.01 Å². The Morgan fingerprint density at radius 2 is 2.00 bits per heavy atom. The summed E-state index contributed by atoms with van der Waals surface area (Å²) in [6.07, 6.45) is 1.54. The molecule has 0 bridgehead atoms. The van der Waals surface area contributed by atoms with Gasteiger partial charge in [0, 0.05) is 5.56 Å². The number of carbonyl (C=O) groups excluding carboxylic acids is 1. The molecule has 2 heterocycles. The van der Waals surface area contributed by atoms with Gasteiger partial charge in [0.05, 0.1) is 27.6 Å². The van der Waals surface area contributed by atoms with Gasteiger partial charge in [0.15, 0.2) is 0 Å². The van der Waals surface area contributed by atoms with Crippen LogP contribution in [0.2, 0.25) is 5.02 Å². The average Bonchev–Trinajstić information content (AvgIpc) is 3.29. The number of benzene rings is 2. The summed E-state index contributed by atoms with van der Waals surface area (Å²) in [5.41, 5.74) is 1.46. The van der Waals surface area contributed by atoms with Crippen LogP contribution < -0.4 is 5.01 Å². The van der Waals surface area contributed by atoms with Crippen molar-refractivity contribution < 1.29 is 23.5 Å². The third kappa shape index (κ3) is 3.62. The van der Waals surface area contributed by atoms with Gasteiger partial charge in [0.25, 0.3) is 5.91 Å². The second kappa shape index (κ2) is 7.61. The highest BCUT2D eigenvalue weighted by molar-refractivity contribution is 6.34. The van der Waals surface area contributed by atoms with E-state index in [2.05, 4.69) is 5.10 Å².